The number of fused-ring (bicyclic) bond motifs is 2. The number of rotatable bonds is 6. The maximum absolute atomic E-state index is 12.7. The van der Waals surface area contributed by atoms with Gasteiger partial charge in [-0.2, -0.15) is 5.10 Å². The summed E-state index contributed by atoms with van der Waals surface area (Å²) < 4.78 is 0. The molecule has 4 N–H and O–H groups in total. The third-order valence-electron chi connectivity index (χ3n) is 7.57. The van der Waals surface area contributed by atoms with Crippen molar-refractivity contribution < 1.29 is 4.79 Å². The number of anilines is 1. The number of piperidine rings is 1. The number of carbonyl (C=O) groups is 1. The minimum atomic E-state index is 0.0244. The minimum Gasteiger partial charge on any atom is -0.353 e. The van der Waals surface area contributed by atoms with Gasteiger partial charge in [0.2, 0.25) is 5.91 Å². The number of pyridine rings is 3. The Labute approximate surface area is 230 Å². The van der Waals surface area contributed by atoms with E-state index in [0.29, 0.717) is 18.0 Å². The highest BCUT2D eigenvalue weighted by Gasteiger charge is 2.18. The van der Waals surface area contributed by atoms with E-state index in [4.69, 9.17) is 4.98 Å². The van der Waals surface area contributed by atoms with Crippen molar-refractivity contribution in [3.63, 3.8) is 0 Å². The van der Waals surface area contributed by atoms with Crippen LogP contribution in [0.15, 0.2) is 79.4 Å². The zero-order chi connectivity index (χ0) is 26.9. The van der Waals surface area contributed by atoms with E-state index in [2.05, 4.69) is 54.0 Å². The normalized spacial score (nSPS) is 14.1. The van der Waals surface area contributed by atoms with Gasteiger partial charge in [0.05, 0.1) is 28.8 Å². The van der Waals surface area contributed by atoms with Gasteiger partial charge in [0.15, 0.2) is 0 Å². The molecule has 0 atom stereocenters. The Morgan fingerprint density at radius 3 is 2.67 bits per heavy atom. The molecule has 5 aromatic heterocycles. The standard InChI is InChI=1S/C31H28N8O/c40-29(14-19-6-10-32-11-7-19)35-22-15-21(17-34-18-22)25-4-5-27-30(37-25)31(39-38-27)28-16-24-23(2-1-3-26(24)36-28)20-8-12-33-13-9-20/h1-5,8-9,12-13,15-19,32,36H,6-7,10-11,14H2,(H,35,40)(H,38,39). The molecule has 6 aromatic rings. The van der Waals surface area contributed by atoms with E-state index < -0.39 is 0 Å². The number of hydrogen-bond donors (Lipinski definition) is 4. The van der Waals surface area contributed by atoms with Gasteiger partial charge in [-0.3, -0.25) is 19.9 Å². The van der Waals surface area contributed by atoms with Crippen LogP contribution in [0, 0.1) is 5.92 Å². The molecule has 0 saturated carbocycles. The van der Waals surface area contributed by atoms with Crippen molar-refractivity contribution in [3.05, 3.63) is 79.4 Å². The highest BCUT2D eigenvalue weighted by molar-refractivity contribution is 6.00. The van der Waals surface area contributed by atoms with Crippen LogP contribution in [0.5, 0.6) is 0 Å². The largest absolute Gasteiger partial charge is 0.353 e. The lowest BCUT2D eigenvalue weighted by Crippen LogP contribution is -2.30. The second-order valence-electron chi connectivity index (χ2n) is 10.3. The minimum absolute atomic E-state index is 0.0244. The summed E-state index contributed by atoms with van der Waals surface area (Å²) in [6, 6.07) is 18.2. The van der Waals surface area contributed by atoms with Crippen molar-refractivity contribution in [1.29, 1.82) is 0 Å². The van der Waals surface area contributed by atoms with E-state index in [-0.39, 0.29) is 5.91 Å². The van der Waals surface area contributed by atoms with Crippen LogP contribution >= 0.6 is 0 Å². The third kappa shape index (κ3) is 4.71. The quantitative estimate of drug-likeness (QED) is 0.224. The molecule has 1 aromatic carbocycles. The van der Waals surface area contributed by atoms with Gasteiger partial charge in [0.25, 0.3) is 0 Å². The van der Waals surface area contributed by atoms with Crippen molar-refractivity contribution in [3.8, 4) is 33.8 Å². The van der Waals surface area contributed by atoms with Gasteiger partial charge in [0, 0.05) is 41.5 Å². The molecule has 9 nitrogen and oxygen atoms in total. The van der Waals surface area contributed by atoms with E-state index in [1.165, 1.54) is 0 Å². The van der Waals surface area contributed by atoms with E-state index in [0.717, 1.165) is 81.6 Å². The fraction of sp³-hybridized carbons (Fsp3) is 0.194. The Kier molecular flexibility index (Phi) is 6.25. The Balaban J connectivity index is 1.19. The van der Waals surface area contributed by atoms with Crippen LogP contribution in [0.4, 0.5) is 5.69 Å². The predicted octanol–water partition coefficient (Wildman–Crippen LogP) is 5.56. The zero-order valence-corrected chi connectivity index (χ0v) is 21.8. The van der Waals surface area contributed by atoms with Crippen LogP contribution in [-0.2, 0) is 4.79 Å². The first kappa shape index (κ1) is 24.2. The second kappa shape index (κ2) is 10.3. The number of nitrogens with zero attached hydrogens (tertiary/aromatic N) is 4. The fourth-order valence-corrected chi connectivity index (χ4v) is 5.52. The fourth-order valence-electron chi connectivity index (χ4n) is 5.52. The summed E-state index contributed by atoms with van der Waals surface area (Å²) in [5, 5.41) is 15.2. The highest BCUT2D eigenvalue weighted by Crippen LogP contribution is 2.34. The number of hydrogen-bond acceptors (Lipinski definition) is 6. The van der Waals surface area contributed by atoms with E-state index in [1.807, 2.05) is 36.4 Å². The molecule has 0 spiro atoms. The molecule has 6 heterocycles. The average Bonchev–Trinajstić information content (AvgIpc) is 3.62. The van der Waals surface area contributed by atoms with Crippen molar-refractivity contribution in [2.75, 3.05) is 18.4 Å². The maximum atomic E-state index is 12.7. The molecule has 1 aliphatic rings. The van der Waals surface area contributed by atoms with Crippen LogP contribution in [-0.4, -0.2) is 49.1 Å². The SMILES string of the molecule is O=C(CC1CCNCC1)Nc1cncc(-c2ccc3[nH]nc(-c4cc5c(-c6ccncc6)cccc5[nH]4)c3n2)c1. The lowest BCUT2D eigenvalue weighted by Gasteiger charge is -2.21. The lowest BCUT2D eigenvalue weighted by molar-refractivity contribution is -0.117. The van der Waals surface area contributed by atoms with E-state index in [1.54, 1.807) is 24.8 Å². The van der Waals surface area contributed by atoms with E-state index >= 15 is 0 Å². The molecule has 7 rings (SSSR count). The molecule has 9 heteroatoms. The molecule has 0 unspecified atom stereocenters. The van der Waals surface area contributed by atoms with Gasteiger partial charge in [-0.1, -0.05) is 12.1 Å². The first-order chi connectivity index (χ1) is 19.7. The Morgan fingerprint density at radius 2 is 1.80 bits per heavy atom. The number of aromatic nitrogens is 6. The number of aromatic amines is 2. The summed E-state index contributed by atoms with van der Waals surface area (Å²) in [5.41, 5.74) is 8.73. The Bertz CT molecular complexity index is 1820. The molecular formula is C31H28N8O. The summed E-state index contributed by atoms with van der Waals surface area (Å²) in [5.74, 6) is 0.447. The molecule has 1 fully saturated rings. The summed E-state index contributed by atoms with van der Waals surface area (Å²) >= 11 is 0. The molecule has 40 heavy (non-hydrogen) atoms. The van der Waals surface area contributed by atoms with Crippen LogP contribution in [0.25, 0.3) is 55.7 Å². The lowest BCUT2D eigenvalue weighted by atomic mass is 9.94. The van der Waals surface area contributed by atoms with Crippen LogP contribution in [0.3, 0.4) is 0 Å². The molecule has 1 aliphatic heterocycles. The summed E-state index contributed by atoms with van der Waals surface area (Å²) in [7, 11) is 0. The van der Waals surface area contributed by atoms with Crippen LogP contribution in [0.1, 0.15) is 19.3 Å². The van der Waals surface area contributed by atoms with Crippen molar-refractivity contribution in [2.24, 2.45) is 5.92 Å². The molecule has 0 radical (unpaired) electrons. The first-order valence-electron chi connectivity index (χ1n) is 13.5. The molecule has 1 saturated heterocycles. The van der Waals surface area contributed by atoms with Gasteiger partial charge >= 0.3 is 0 Å². The second-order valence-corrected chi connectivity index (χ2v) is 10.3. The monoisotopic (exact) mass is 528 g/mol. The number of benzene rings is 1. The zero-order valence-electron chi connectivity index (χ0n) is 21.8. The van der Waals surface area contributed by atoms with Crippen LogP contribution < -0.4 is 10.6 Å². The average molecular weight is 529 g/mol. The predicted molar refractivity (Wildman–Crippen MR) is 156 cm³/mol. The van der Waals surface area contributed by atoms with Gasteiger partial charge < -0.3 is 15.6 Å². The molecule has 0 aliphatic carbocycles. The van der Waals surface area contributed by atoms with Gasteiger partial charge in [-0.05, 0) is 85.4 Å². The molecule has 198 valence electrons. The number of carbonyl (C=O) groups excluding carboxylic acids is 1. The van der Waals surface area contributed by atoms with Crippen LogP contribution in [0.2, 0.25) is 0 Å². The van der Waals surface area contributed by atoms with Gasteiger partial charge in [-0.15, -0.1) is 0 Å². The smallest absolute Gasteiger partial charge is 0.224 e. The topological polar surface area (TPSA) is 124 Å². The van der Waals surface area contributed by atoms with E-state index in [9.17, 15) is 4.79 Å². The third-order valence-corrected chi connectivity index (χ3v) is 7.57. The maximum Gasteiger partial charge on any atom is 0.224 e. The summed E-state index contributed by atoms with van der Waals surface area (Å²) in [4.78, 5) is 29.7. The van der Waals surface area contributed by atoms with Crippen molar-refractivity contribution >= 4 is 33.5 Å². The first-order valence-corrected chi connectivity index (χ1v) is 13.5. The van der Waals surface area contributed by atoms with Gasteiger partial charge in [0.1, 0.15) is 11.2 Å². The molecular weight excluding hydrogens is 500 g/mol. The van der Waals surface area contributed by atoms with Gasteiger partial charge in [-0.25, -0.2) is 4.98 Å². The number of H-pyrrole nitrogens is 2. The number of amides is 1. The Hall–Kier alpha value is -4.89. The van der Waals surface area contributed by atoms with Crippen molar-refractivity contribution in [2.45, 2.75) is 19.3 Å². The Morgan fingerprint density at radius 1 is 0.925 bits per heavy atom. The van der Waals surface area contributed by atoms with Crippen molar-refractivity contribution in [1.82, 2.24) is 35.5 Å². The summed E-state index contributed by atoms with van der Waals surface area (Å²) in [6.07, 6.45) is 9.64. The summed E-state index contributed by atoms with van der Waals surface area (Å²) in [6.45, 7) is 1.95. The molecule has 0 bridgehead atoms. The molecule has 1 amide bonds. The number of nitrogens with one attached hydrogen (secondary N) is 4. The highest BCUT2D eigenvalue weighted by atomic mass is 16.1.